The zero-order valence-corrected chi connectivity index (χ0v) is 22.1. The lowest BCUT2D eigenvalue weighted by molar-refractivity contribution is -0.167. The van der Waals surface area contributed by atoms with Gasteiger partial charge >= 0.3 is 5.97 Å². The number of aliphatic carboxylic acids is 1. The van der Waals surface area contributed by atoms with Crippen molar-refractivity contribution in [3.63, 3.8) is 0 Å². The van der Waals surface area contributed by atoms with Gasteiger partial charge in [-0.3, -0.25) is 4.79 Å². The highest BCUT2D eigenvalue weighted by molar-refractivity contribution is 5.76. The maximum absolute atomic E-state index is 12.7. The van der Waals surface area contributed by atoms with Gasteiger partial charge in [0.15, 0.2) is 0 Å². The summed E-state index contributed by atoms with van der Waals surface area (Å²) in [5, 5.41) is 21.3. The molecule has 0 amide bonds. The average Bonchev–Trinajstić information content (AvgIpc) is 2.71. The Morgan fingerprint density at radius 1 is 0.939 bits per heavy atom. The minimum atomic E-state index is -0.569. The van der Waals surface area contributed by atoms with Gasteiger partial charge in [0.2, 0.25) is 0 Å². The van der Waals surface area contributed by atoms with Gasteiger partial charge in [-0.25, -0.2) is 0 Å². The lowest BCUT2D eigenvalue weighted by atomic mass is 9.35. The third-order valence-electron chi connectivity index (χ3n) is 12.4. The number of carbonyl (C=O) groups is 1. The van der Waals surface area contributed by atoms with Crippen LogP contribution in [-0.2, 0) is 4.79 Å². The molecule has 5 rings (SSSR count). The molecule has 0 bridgehead atoms. The SMILES string of the molecule is CC1(C)CC[C@]2(C(=O)O)CC[C@]3(C)C(=CC[C@@H]4[C@@]5(C)CC[C@H](O)C(C)(C)C5=CC[C@]43C)[C@H]2C1. The lowest BCUT2D eigenvalue weighted by Crippen LogP contribution is -2.62. The van der Waals surface area contributed by atoms with E-state index in [-0.39, 0.29) is 39.1 Å². The van der Waals surface area contributed by atoms with E-state index in [0.717, 1.165) is 57.8 Å². The molecular weight excluding hydrogens is 408 g/mol. The molecule has 0 aromatic heterocycles. The number of hydrogen-bond acceptors (Lipinski definition) is 2. The van der Waals surface area contributed by atoms with Gasteiger partial charge in [-0.15, -0.1) is 0 Å². The van der Waals surface area contributed by atoms with Crippen LogP contribution in [-0.4, -0.2) is 22.3 Å². The molecule has 3 fully saturated rings. The van der Waals surface area contributed by atoms with Crippen LogP contribution >= 0.6 is 0 Å². The van der Waals surface area contributed by atoms with Crippen LogP contribution in [0, 0.1) is 44.3 Å². The first kappa shape index (κ1) is 23.6. The van der Waals surface area contributed by atoms with Crippen LogP contribution in [0.1, 0.15) is 106 Å². The summed E-state index contributed by atoms with van der Waals surface area (Å²) in [6, 6.07) is 0. The van der Waals surface area contributed by atoms with E-state index < -0.39 is 11.4 Å². The number of carboxylic acid groups (broad SMARTS) is 1. The molecule has 7 atom stereocenters. The lowest BCUT2D eigenvalue weighted by Gasteiger charge is -2.68. The van der Waals surface area contributed by atoms with Crippen molar-refractivity contribution >= 4 is 5.97 Å². The first-order valence-electron chi connectivity index (χ1n) is 13.5. The minimum Gasteiger partial charge on any atom is -0.481 e. The Kier molecular flexibility index (Phi) is 4.85. The number of rotatable bonds is 1. The summed E-state index contributed by atoms with van der Waals surface area (Å²) < 4.78 is 0. The van der Waals surface area contributed by atoms with E-state index in [1.165, 1.54) is 11.1 Å². The number of hydrogen-bond donors (Lipinski definition) is 2. The maximum Gasteiger partial charge on any atom is 0.310 e. The van der Waals surface area contributed by atoms with Gasteiger partial charge in [-0.1, -0.05) is 71.8 Å². The summed E-state index contributed by atoms with van der Waals surface area (Å²) in [6.07, 6.45) is 13.4. The Labute approximate surface area is 201 Å². The van der Waals surface area contributed by atoms with Gasteiger partial charge in [-0.2, -0.15) is 0 Å². The number of fused-ring (bicyclic) bond motifs is 7. The number of aliphatic hydroxyl groups is 1. The van der Waals surface area contributed by atoms with Crippen molar-refractivity contribution in [2.75, 3.05) is 0 Å². The van der Waals surface area contributed by atoms with Crippen molar-refractivity contribution in [1.82, 2.24) is 0 Å². The van der Waals surface area contributed by atoms with E-state index in [2.05, 4.69) is 60.6 Å². The topological polar surface area (TPSA) is 57.5 Å². The molecule has 0 heterocycles. The minimum absolute atomic E-state index is 0.0399. The van der Waals surface area contributed by atoms with Crippen LogP contribution in [0.4, 0.5) is 0 Å². The van der Waals surface area contributed by atoms with Crippen LogP contribution < -0.4 is 0 Å². The van der Waals surface area contributed by atoms with E-state index >= 15 is 0 Å². The van der Waals surface area contributed by atoms with Crippen LogP contribution in [0.15, 0.2) is 23.3 Å². The van der Waals surface area contributed by atoms with Gasteiger partial charge in [0, 0.05) is 5.41 Å². The van der Waals surface area contributed by atoms with Gasteiger partial charge in [0.1, 0.15) is 0 Å². The summed E-state index contributed by atoms with van der Waals surface area (Å²) in [5.74, 6) is 0.150. The molecule has 3 nitrogen and oxygen atoms in total. The zero-order valence-electron chi connectivity index (χ0n) is 22.1. The van der Waals surface area contributed by atoms with E-state index in [1.54, 1.807) is 0 Å². The fourth-order valence-electron chi connectivity index (χ4n) is 9.88. The molecule has 3 heteroatoms. The largest absolute Gasteiger partial charge is 0.481 e. The monoisotopic (exact) mass is 454 g/mol. The van der Waals surface area contributed by atoms with Gasteiger partial charge in [0.05, 0.1) is 11.5 Å². The maximum atomic E-state index is 12.7. The Morgan fingerprint density at radius 3 is 2.27 bits per heavy atom. The molecule has 3 saturated carbocycles. The normalized spacial score (nSPS) is 50.0. The van der Waals surface area contributed by atoms with Crippen molar-refractivity contribution in [2.24, 2.45) is 44.3 Å². The Bertz CT molecular complexity index is 940. The van der Waals surface area contributed by atoms with E-state index in [0.29, 0.717) is 5.92 Å². The highest BCUT2D eigenvalue weighted by Crippen LogP contribution is 2.74. The summed E-state index contributed by atoms with van der Waals surface area (Å²) in [5.41, 5.74) is 2.70. The fourth-order valence-corrected chi connectivity index (χ4v) is 9.88. The second-order valence-corrected chi connectivity index (χ2v) is 14.6. The molecule has 0 radical (unpaired) electrons. The Hall–Kier alpha value is -1.09. The van der Waals surface area contributed by atoms with Crippen LogP contribution in [0.5, 0.6) is 0 Å². The molecule has 0 unspecified atom stereocenters. The zero-order chi connectivity index (χ0) is 24.2. The number of aliphatic hydroxyl groups excluding tert-OH is 1. The van der Waals surface area contributed by atoms with Crippen molar-refractivity contribution in [1.29, 1.82) is 0 Å². The van der Waals surface area contributed by atoms with E-state index in [1.807, 2.05) is 0 Å². The standard InChI is InChI=1S/C30H46O3/c1-25(2)14-16-30(24(32)33)17-15-28(6)19(20(30)18-25)8-9-22-27(5)12-11-23(31)26(3,4)21(27)10-13-29(22,28)7/h8,10,20,22-23,31H,9,11-18H2,1-7H3,(H,32,33)/t20-,22-,23+,27+,28-,29-,30+/m1/s1. The fraction of sp³-hybridized carbons (Fsp3) is 0.833. The second kappa shape index (κ2) is 6.77. The molecule has 2 N–H and O–H groups in total. The highest BCUT2D eigenvalue weighted by atomic mass is 16.4. The number of allylic oxidation sites excluding steroid dienone is 3. The molecule has 0 spiro atoms. The average molecular weight is 455 g/mol. The van der Waals surface area contributed by atoms with Crippen LogP contribution in [0.25, 0.3) is 0 Å². The molecule has 5 aliphatic rings. The third kappa shape index (κ3) is 2.81. The van der Waals surface area contributed by atoms with Gasteiger partial charge in [0.25, 0.3) is 0 Å². The molecule has 0 aliphatic heterocycles. The predicted octanol–water partition coefficient (Wildman–Crippen LogP) is 7.15. The second-order valence-electron chi connectivity index (χ2n) is 14.6. The van der Waals surface area contributed by atoms with Crippen LogP contribution in [0.3, 0.4) is 0 Å². The Balaban J connectivity index is 1.62. The molecule has 184 valence electrons. The van der Waals surface area contributed by atoms with Crippen LogP contribution in [0.2, 0.25) is 0 Å². The van der Waals surface area contributed by atoms with E-state index in [4.69, 9.17) is 0 Å². The first-order valence-corrected chi connectivity index (χ1v) is 13.5. The molecule has 0 aromatic rings. The third-order valence-corrected chi connectivity index (χ3v) is 12.4. The summed E-state index contributed by atoms with van der Waals surface area (Å²) >= 11 is 0. The highest BCUT2D eigenvalue weighted by Gasteiger charge is 2.67. The number of carboxylic acids is 1. The first-order chi connectivity index (χ1) is 15.1. The van der Waals surface area contributed by atoms with Gasteiger partial charge < -0.3 is 10.2 Å². The van der Waals surface area contributed by atoms with Crippen molar-refractivity contribution < 1.29 is 15.0 Å². The molecule has 5 aliphatic carbocycles. The van der Waals surface area contributed by atoms with Gasteiger partial charge in [-0.05, 0) is 91.3 Å². The summed E-state index contributed by atoms with van der Waals surface area (Å²) in [6.45, 7) is 16.6. The summed E-state index contributed by atoms with van der Waals surface area (Å²) in [4.78, 5) is 12.7. The molecular formula is C30H46O3. The molecule has 33 heavy (non-hydrogen) atoms. The predicted molar refractivity (Wildman–Crippen MR) is 133 cm³/mol. The molecule has 0 saturated heterocycles. The van der Waals surface area contributed by atoms with E-state index in [9.17, 15) is 15.0 Å². The van der Waals surface area contributed by atoms with Crippen molar-refractivity contribution in [3.05, 3.63) is 23.3 Å². The smallest absolute Gasteiger partial charge is 0.310 e. The molecule has 0 aromatic carbocycles. The summed E-state index contributed by atoms with van der Waals surface area (Å²) in [7, 11) is 0. The Morgan fingerprint density at radius 2 is 1.61 bits per heavy atom. The van der Waals surface area contributed by atoms with Crippen molar-refractivity contribution in [3.8, 4) is 0 Å². The van der Waals surface area contributed by atoms with Crippen molar-refractivity contribution in [2.45, 2.75) is 112 Å². The quantitative estimate of drug-likeness (QED) is 0.413.